The van der Waals surface area contributed by atoms with Gasteiger partial charge in [-0.15, -0.1) is 0 Å². The molecule has 3 aromatic heterocycles. The molecule has 5 heteroatoms. The number of rotatable bonds is 1. The Hall–Kier alpha value is -3.21. The molecule has 0 unspecified atom stereocenters. The lowest BCUT2D eigenvalue weighted by Gasteiger charge is -2.05. The van der Waals surface area contributed by atoms with Crippen LogP contribution in [0.15, 0.2) is 58.1 Å². The number of anilines is 1. The van der Waals surface area contributed by atoms with Crippen LogP contribution in [0.3, 0.4) is 0 Å². The minimum Gasteiger partial charge on any atom is -0.437 e. The summed E-state index contributed by atoms with van der Waals surface area (Å²) in [5, 5.41) is 5.40. The molecule has 0 aliphatic carbocycles. The van der Waals surface area contributed by atoms with Crippen LogP contribution in [0, 0.1) is 0 Å². The van der Waals surface area contributed by atoms with E-state index in [2.05, 4.69) is 27.4 Å². The maximum Gasteiger partial charge on any atom is 0.222 e. The number of pyridine rings is 2. The Morgan fingerprint density at radius 3 is 3.00 bits per heavy atom. The van der Waals surface area contributed by atoms with Gasteiger partial charge in [0.15, 0.2) is 11.3 Å². The molecule has 4 heterocycles. The van der Waals surface area contributed by atoms with Crippen LogP contribution >= 0.6 is 0 Å². The van der Waals surface area contributed by atoms with Crippen molar-refractivity contribution in [2.75, 3.05) is 11.9 Å². The van der Waals surface area contributed by atoms with E-state index < -0.39 is 0 Å². The average molecular weight is 300 g/mol. The summed E-state index contributed by atoms with van der Waals surface area (Å²) in [6.07, 6.45) is 3.63. The second-order valence-electron chi connectivity index (χ2n) is 5.40. The molecule has 0 radical (unpaired) electrons. The van der Waals surface area contributed by atoms with Gasteiger partial charge in [0, 0.05) is 17.8 Å². The van der Waals surface area contributed by atoms with Crippen molar-refractivity contribution < 1.29 is 4.42 Å². The van der Waals surface area contributed by atoms with E-state index in [-0.39, 0.29) is 0 Å². The number of fused-ring (bicyclic) bond motifs is 4. The van der Waals surface area contributed by atoms with Crippen LogP contribution in [0.4, 0.5) is 11.6 Å². The van der Waals surface area contributed by atoms with E-state index in [0.717, 1.165) is 38.9 Å². The van der Waals surface area contributed by atoms with Gasteiger partial charge >= 0.3 is 0 Å². The lowest BCUT2D eigenvalue weighted by Crippen LogP contribution is -2.04. The van der Waals surface area contributed by atoms with Gasteiger partial charge in [-0.25, -0.2) is 4.98 Å². The molecule has 1 aliphatic heterocycles. The molecule has 4 aromatic rings. The summed E-state index contributed by atoms with van der Waals surface area (Å²) in [7, 11) is 0. The van der Waals surface area contributed by atoms with Gasteiger partial charge in [0.25, 0.3) is 0 Å². The van der Waals surface area contributed by atoms with Gasteiger partial charge in [0.1, 0.15) is 5.52 Å². The van der Waals surface area contributed by atoms with E-state index in [1.54, 1.807) is 0 Å². The quantitative estimate of drug-likeness (QED) is 0.573. The van der Waals surface area contributed by atoms with Gasteiger partial charge < -0.3 is 9.73 Å². The van der Waals surface area contributed by atoms with E-state index in [4.69, 9.17) is 9.40 Å². The molecule has 0 amide bonds. The molecule has 0 saturated carbocycles. The van der Waals surface area contributed by atoms with Gasteiger partial charge in [0.2, 0.25) is 5.88 Å². The largest absolute Gasteiger partial charge is 0.437 e. The van der Waals surface area contributed by atoms with E-state index in [9.17, 15) is 0 Å². The highest BCUT2D eigenvalue weighted by Gasteiger charge is 2.18. The Labute approximate surface area is 131 Å². The fraction of sp³-hybridized carbons (Fsp3) is 0.0556. The van der Waals surface area contributed by atoms with Crippen LogP contribution in [0.5, 0.6) is 0 Å². The second kappa shape index (κ2) is 4.64. The molecule has 1 aromatic carbocycles. The van der Waals surface area contributed by atoms with Crippen molar-refractivity contribution in [1.29, 1.82) is 0 Å². The zero-order valence-electron chi connectivity index (χ0n) is 12.2. The van der Waals surface area contributed by atoms with Crippen LogP contribution in [0.2, 0.25) is 0 Å². The van der Waals surface area contributed by atoms with Crippen molar-refractivity contribution >= 4 is 39.7 Å². The molecular weight excluding hydrogens is 288 g/mol. The standard InChI is InChI=1S/C18H12N4O/c1-2-4-12-11(3-1)7-8-19-15(12)13-5-6-14-16(22-13)17-18(23-14)21-10-9-20-17/h1-9,21H,10H2. The van der Waals surface area contributed by atoms with Crippen molar-refractivity contribution in [2.45, 2.75) is 0 Å². The minimum atomic E-state index is 0.671. The minimum absolute atomic E-state index is 0.671. The molecule has 1 aliphatic rings. The van der Waals surface area contributed by atoms with E-state index in [1.807, 2.05) is 42.7 Å². The van der Waals surface area contributed by atoms with Crippen molar-refractivity contribution in [3.63, 3.8) is 0 Å². The van der Waals surface area contributed by atoms with Crippen LogP contribution in [0.1, 0.15) is 0 Å². The van der Waals surface area contributed by atoms with Gasteiger partial charge in [-0.3, -0.25) is 9.98 Å². The lowest BCUT2D eigenvalue weighted by atomic mass is 10.1. The van der Waals surface area contributed by atoms with E-state index in [1.165, 1.54) is 0 Å². The summed E-state index contributed by atoms with van der Waals surface area (Å²) in [4.78, 5) is 13.7. The highest BCUT2D eigenvalue weighted by molar-refractivity contribution is 5.99. The molecular formula is C18H12N4O. The van der Waals surface area contributed by atoms with Crippen molar-refractivity contribution in [3.8, 4) is 11.4 Å². The molecule has 0 atom stereocenters. The molecule has 0 fully saturated rings. The van der Waals surface area contributed by atoms with Crippen LogP contribution in [0.25, 0.3) is 33.3 Å². The van der Waals surface area contributed by atoms with Gasteiger partial charge in [-0.1, -0.05) is 24.3 Å². The van der Waals surface area contributed by atoms with E-state index >= 15 is 0 Å². The highest BCUT2D eigenvalue weighted by atomic mass is 16.4. The summed E-state index contributed by atoms with van der Waals surface area (Å²) in [5.74, 6) is 0.679. The van der Waals surface area contributed by atoms with Crippen LogP contribution in [-0.4, -0.2) is 22.7 Å². The second-order valence-corrected chi connectivity index (χ2v) is 5.40. The van der Waals surface area contributed by atoms with Gasteiger partial charge in [0.05, 0.1) is 17.9 Å². The molecule has 5 rings (SSSR count). The molecule has 0 bridgehead atoms. The highest BCUT2D eigenvalue weighted by Crippen LogP contribution is 2.38. The Bertz CT molecular complexity index is 1080. The summed E-state index contributed by atoms with van der Waals surface area (Å²) < 4.78 is 5.76. The first-order chi connectivity index (χ1) is 11.4. The third-order valence-electron chi connectivity index (χ3n) is 4.00. The number of aliphatic imine (C=N–C) groups is 1. The summed E-state index contributed by atoms with van der Waals surface area (Å²) in [6.45, 7) is 0.671. The fourth-order valence-electron chi connectivity index (χ4n) is 2.93. The number of hydrogen-bond acceptors (Lipinski definition) is 5. The molecule has 5 nitrogen and oxygen atoms in total. The molecule has 0 spiro atoms. The predicted molar refractivity (Wildman–Crippen MR) is 91.4 cm³/mol. The summed E-state index contributed by atoms with van der Waals surface area (Å²) >= 11 is 0. The van der Waals surface area contributed by atoms with Crippen LogP contribution in [-0.2, 0) is 0 Å². The normalized spacial score (nSPS) is 13.2. The third-order valence-corrected chi connectivity index (χ3v) is 4.00. The Morgan fingerprint density at radius 2 is 2.00 bits per heavy atom. The predicted octanol–water partition coefficient (Wildman–Crippen LogP) is 4.17. The molecule has 0 saturated heterocycles. The monoisotopic (exact) mass is 300 g/mol. The third kappa shape index (κ3) is 1.83. The fourth-order valence-corrected chi connectivity index (χ4v) is 2.93. The first-order valence-corrected chi connectivity index (χ1v) is 7.44. The maximum atomic E-state index is 5.76. The number of benzene rings is 1. The van der Waals surface area contributed by atoms with Crippen molar-refractivity contribution in [1.82, 2.24) is 9.97 Å². The number of nitrogens with one attached hydrogen (secondary N) is 1. The first-order valence-electron chi connectivity index (χ1n) is 7.44. The molecule has 110 valence electrons. The van der Waals surface area contributed by atoms with Crippen molar-refractivity contribution in [3.05, 3.63) is 48.7 Å². The number of hydrogen-bond donors (Lipinski definition) is 1. The van der Waals surface area contributed by atoms with Gasteiger partial charge in [-0.2, -0.15) is 0 Å². The topological polar surface area (TPSA) is 63.3 Å². The van der Waals surface area contributed by atoms with Gasteiger partial charge in [-0.05, 0) is 23.6 Å². The Kier molecular flexibility index (Phi) is 2.49. The van der Waals surface area contributed by atoms with Crippen molar-refractivity contribution in [2.24, 2.45) is 4.99 Å². The molecule has 23 heavy (non-hydrogen) atoms. The van der Waals surface area contributed by atoms with E-state index in [0.29, 0.717) is 12.4 Å². The molecule has 1 N–H and O–H groups in total. The Balaban J connectivity index is 1.78. The Morgan fingerprint density at radius 1 is 1.04 bits per heavy atom. The summed E-state index contributed by atoms with van der Waals surface area (Å²) in [5.41, 5.74) is 3.93. The van der Waals surface area contributed by atoms with Crippen LogP contribution < -0.4 is 5.32 Å². The smallest absolute Gasteiger partial charge is 0.222 e. The average Bonchev–Trinajstić information content (AvgIpc) is 2.99. The zero-order chi connectivity index (χ0) is 15.2. The SMILES string of the molecule is C1=Nc2c(oc3ccc(-c4nccc5ccccc45)nc23)NC1. The maximum absolute atomic E-state index is 5.76. The number of furan rings is 1. The number of aromatic nitrogens is 2. The summed E-state index contributed by atoms with van der Waals surface area (Å²) in [6, 6.07) is 14.0. The lowest BCUT2D eigenvalue weighted by molar-refractivity contribution is 0.629. The number of nitrogens with zero attached hydrogens (tertiary/aromatic N) is 3. The zero-order valence-corrected chi connectivity index (χ0v) is 12.2. The first kappa shape index (κ1) is 12.3.